The van der Waals surface area contributed by atoms with Gasteiger partial charge < -0.3 is 9.47 Å². The van der Waals surface area contributed by atoms with Gasteiger partial charge in [0, 0.05) is 0 Å². The molecule has 10 heteroatoms. The van der Waals surface area contributed by atoms with Gasteiger partial charge in [0.1, 0.15) is 24.7 Å². The predicted molar refractivity (Wildman–Crippen MR) is 142 cm³/mol. The highest BCUT2D eigenvalue weighted by Crippen LogP contribution is 2.32. The van der Waals surface area contributed by atoms with Crippen LogP contribution in [-0.2, 0) is 14.8 Å². The van der Waals surface area contributed by atoms with Crippen LogP contribution >= 0.6 is 11.6 Å². The van der Waals surface area contributed by atoms with Gasteiger partial charge in [0.15, 0.2) is 0 Å². The van der Waals surface area contributed by atoms with Crippen LogP contribution in [0.3, 0.4) is 0 Å². The maximum absolute atomic E-state index is 13.5. The number of hydrazone groups is 1. The Hall–Kier alpha value is -3.82. The third-order valence-electron chi connectivity index (χ3n) is 4.97. The van der Waals surface area contributed by atoms with Crippen LogP contribution < -0.4 is 19.2 Å². The zero-order valence-corrected chi connectivity index (χ0v) is 21.4. The van der Waals surface area contributed by atoms with Gasteiger partial charge in [0.25, 0.3) is 15.9 Å². The summed E-state index contributed by atoms with van der Waals surface area (Å²) in [6, 6.07) is 17.9. The van der Waals surface area contributed by atoms with Crippen LogP contribution in [0, 0.1) is 6.92 Å². The lowest BCUT2D eigenvalue weighted by molar-refractivity contribution is -0.119. The lowest BCUT2D eigenvalue weighted by Gasteiger charge is -2.24. The number of halogens is 1. The average Bonchev–Trinajstić information content (AvgIpc) is 2.87. The van der Waals surface area contributed by atoms with E-state index in [9.17, 15) is 13.2 Å². The molecular formula is C26H26ClN3O5S. The van der Waals surface area contributed by atoms with Gasteiger partial charge in [-0.3, -0.25) is 9.10 Å². The number of aryl methyl sites for hydroxylation is 1. The van der Waals surface area contributed by atoms with Crippen LogP contribution in [-0.4, -0.2) is 40.8 Å². The maximum atomic E-state index is 13.5. The summed E-state index contributed by atoms with van der Waals surface area (Å²) in [4.78, 5) is 12.7. The maximum Gasteiger partial charge on any atom is 0.264 e. The first kappa shape index (κ1) is 26.8. The number of methoxy groups -OCH3 is 1. The summed E-state index contributed by atoms with van der Waals surface area (Å²) < 4.78 is 38.5. The van der Waals surface area contributed by atoms with Crippen molar-refractivity contribution in [2.45, 2.75) is 11.8 Å². The Morgan fingerprint density at radius 3 is 2.42 bits per heavy atom. The molecule has 0 aromatic heterocycles. The minimum absolute atomic E-state index is 0.0371. The molecule has 0 aliphatic heterocycles. The molecule has 36 heavy (non-hydrogen) atoms. The zero-order chi connectivity index (χ0) is 26.1. The molecule has 8 nitrogen and oxygen atoms in total. The van der Waals surface area contributed by atoms with Crippen molar-refractivity contribution in [2.75, 3.05) is 24.6 Å². The highest BCUT2D eigenvalue weighted by atomic mass is 35.5. The molecule has 0 saturated carbocycles. The monoisotopic (exact) mass is 527 g/mol. The first-order valence-electron chi connectivity index (χ1n) is 10.8. The molecule has 1 N–H and O–H groups in total. The largest absolute Gasteiger partial charge is 0.495 e. The topological polar surface area (TPSA) is 97.3 Å². The van der Waals surface area contributed by atoms with E-state index in [2.05, 4.69) is 17.1 Å². The second kappa shape index (κ2) is 12.2. The van der Waals surface area contributed by atoms with Crippen LogP contribution in [0.15, 0.2) is 89.4 Å². The molecule has 0 radical (unpaired) electrons. The van der Waals surface area contributed by atoms with E-state index in [-0.39, 0.29) is 15.6 Å². The summed E-state index contributed by atoms with van der Waals surface area (Å²) >= 11 is 6.23. The summed E-state index contributed by atoms with van der Waals surface area (Å²) in [7, 11) is -2.64. The predicted octanol–water partition coefficient (Wildman–Crippen LogP) is 4.57. The van der Waals surface area contributed by atoms with Crippen molar-refractivity contribution in [3.8, 4) is 11.5 Å². The Bertz CT molecular complexity index is 1340. The van der Waals surface area contributed by atoms with Crippen molar-refractivity contribution in [1.29, 1.82) is 0 Å². The molecule has 0 aliphatic carbocycles. The quantitative estimate of drug-likeness (QED) is 0.224. The number of nitrogens with zero attached hydrogens (tertiary/aromatic N) is 2. The third kappa shape index (κ3) is 6.87. The fraction of sp³-hybridized carbons (Fsp3) is 0.154. The van der Waals surface area contributed by atoms with E-state index >= 15 is 0 Å². The Morgan fingerprint density at radius 1 is 1.11 bits per heavy atom. The highest BCUT2D eigenvalue weighted by Gasteiger charge is 2.27. The summed E-state index contributed by atoms with van der Waals surface area (Å²) in [5.41, 5.74) is 4.19. The molecule has 3 aromatic carbocycles. The van der Waals surface area contributed by atoms with Crippen molar-refractivity contribution in [3.63, 3.8) is 0 Å². The second-order valence-electron chi connectivity index (χ2n) is 7.61. The van der Waals surface area contributed by atoms with Crippen LogP contribution in [0.25, 0.3) is 0 Å². The number of carbonyl (C=O) groups excluding carboxylic acids is 1. The molecule has 188 valence electrons. The van der Waals surface area contributed by atoms with Crippen LogP contribution in [0.1, 0.15) is 11.1 Å². The van der Waals surface area contributed by atoms with Crippen LogP contribution in [0.5, 0.6) is 11.5 Å². The van der Waals surface area contributed by atoms with Gasteiger partial charge in [0.2, 0.25) is 0 Å². The van der Waals surface area contributed by atoms with Gasteiger partial charge in [-0.25, -0.2) is 13.8 Å². The molecule has 1 amide bonds. The lowest BCUT2D eigenvalue weighted by atomic mass is 10.2. The summed E-state index contributed by atoms with van der Waals surface area (Å²) in [5, 5.41) is 4.15. The minimum atomic E-state index is -4.09. The zero-order valence-electron chi connectivity index (χ0n) is 19.8. The fourth-order valence-electron chi connectivity index (χ4n) is 3.11. The average molecular weight is 528 g/mol. The fourth-order valence-corrected chi connectivity index (χ4v) is 4.78. The van der Waals surface area contributed by atoms with Gasteiger partial charge in [-0.1, -0.05) is 42.0 Å². The third-order valence-corrected chi connectivity index (χ3v) is 7.05. The first-order valence-corrected chi connectivity index (χ1v) is 12.6. The molecule has 3 aromatic rings. The van der Waals surface area contributed by atoms with E-state index < -0.39 is 22.5 Å². The van der Waals surface area contributed by atoms with Crippen LogP contribution in [0.4, 0.5) is 5.69 Å². The molecule has 0 heterocycles. The number of rotatable bonds is 11. The summed E-state index contributed by atoms with van der Waals surface area (Å²) in [5.74, 6) is 0.411. The minimum Gasteiger partial charge on any atom is -0.495 e. The first-order chi connectivity index (χ1) is 17.2. The van der Waals surface area contributed by atoms with Crippen LogP contribution in [0.2, 0.25) is 5.02 Å². The van der Waals surface area contributed by atoms with Gasteiger partial charge in [-0.05, 0) is 67.1 Å². The Morgan fingerprint density at radius 2 is 1.81 bits per heavy atom. The molecular weight excluding hydrogens is 502 g/mol. The van der Waals surface area contributed by atoms with Crippen molar-refractivity contribution >= 4 is 39.4 Å². The van der Waals surface area contributed by atoms with Gasteiger partial charge >= 0.3 is 0 Å². The normalized spacial score (nSPS) is 11.2. The number of carbonyl (C=O) groups is 1. The van der Waals surface area contributed by atoms with E-state index in [4.69, 9.17) is 21.1 Å². The number of sulfonamides is 1. The summed E-state index contributed by atoms with van der Waals surface area (Å²) in [6.45, 7) is 5.32. The summed E-state index contributed by atoms with van der Waals surface area (Å²) in [6.07, 6.45) is 3.09. The number of hydrogen-bond acceptors (Lipinski definition) is 6. The molecule has 0 unspecified atom stereocenters. The Labute approximate surface area is 215 Å². The van der Waals surface area contributed by atoms with Gasteiger partial charge in [-0.15, -0.1) is 0 Å². The number of amides is 1. The van der Waals surface area contributed by atoms with Crippen molar-refractivity contribution in [2.24, 2.45) is 5.10 Å². The van der Waals surface area contributed by atoms with Crippen molar-refractivity contribution in [1.82, 2.24) is 5.43 Å². The molecule has 0 fully saturated rings. The molecule has 3 rings (SSSR count). The van der Waals surface area contributed by atoms with Crippen molar-refractivity contribution < 1.29 is 22.7 Å². The molecule has 0 spiro atoms. The van der Waals surface area contributed by atoms with Gasteiger partial charge in [0.05, 0.1) is 28.9 Å². The van der Waals surface area contributed by atoms with E-state index in [0.29, 0.717) is 23.7 Å². The number of nitrogens with one attached hydrogen (secondary N) is 1. The van der Waals surface area contributed by atoms with Crippen molar-refractivity contribution in [3.05, 3.63) is 95.5 Å². The lowest BCUT2D eigenvalue weighted by Crippen LogP contribution is -2.39. The van der Waals surface area contributed by atoms with Gasteiger partial charge in [-0.2, -0.15) is 5.10 Å². The smallest absolute Gasteiger partial charge is 0.264 e. The number of benzene rings is 3. The Balaban J connectivity index is 1.80. The second-order valence-corrected chi connectivity index (χ2v) is 9.87. The van der Waals surface area contributed by atoms with E-state index in [1.54, 1.807) is 42.5 Å². The molecule has 0 aliphatic rings. The van der Waals surface area contributed by atoms with E-state index in [1.807, 2.05) is 6.92 Å². The number of anilines is 1. The molecule has 0 bridgehead atoms. The number of hydrogen-bond donors (Lipinski definition) is 1. The standard InChI is InChI=1S/C26H26ClN3O5S/c1-4-15-35-22-10-7-20(8-11-22)17-28-29-26(31)18-30(21-9-14-25(34-3)24(27)16-21)36(32,33)23-12-5-19(2)6-13-23/h4-14,16-17H,1,15,18H2,2-3H3,(H,29,31)/b28-17-. The van der Waals surface area contributed by atoms with E-state index in [0.717, 1.165) is 9.87 Å². The number of ether oxygens (including phenoxy) is 2. The van der Waals surface area contributed by atoms with E-state index in [1.165, 1.54) is 43.7 Å². The molecule has 0 atom stereocenters. The SMILES string of the molecule is C=CCOc1ccc(/C=N\NC(=O)CN(c2ccc(OC)c(Cl)c2)S(=O)(=O)c2ccc(C)cc2)cc1. The Kier molecular flexibility index (Phi) is 9.10. The molecule has 0 saturated heterocycles. The highest BCUT2D eigenvalue weighted by molar-refractivity contribution is 7.92.